The lowest BCUT2D eigenvalue weighted by Crippen LogP contribution is -2.57. The predicted molar refractivity (Wildman–Crippen MR) is 67.5 cm³/mol. The molecule has 1 saturated heterocycles. The summed E-state index contributed by atoms with van der Waals surface area (Å²) in [6.07, 6.45) is -3.16. The number of halogens is 3. The summed E-state index contributed by atoms with van der Waals surface area (Å²) in [6, 6.07) is -0.169. The zero-order chi connectivity index (χ0) is 15.3. The van der Waals surface area contributed by atoms with Crippen molar-refractivity contribution in [1.29, 1.82) is 0 Å². The van der Waals surface area contributed by atoms with E-state index in [0.29, 0.717) is 31.9 Å². The van der Waals surface area contributed by atoms with Crippen LogP contribution < -0.4 is 10.6 Å². The maximum absolute atomic E-state index is 13.1. The molecular weight excluding hydrogens is 289 g/mol. The molecule has 1 fully saturated rings. The zero-order valence-corrected chi connectivity index (χ0v) is 11.3. The second-order valence-electron chi connectivity index (χ2n) is 4.82. The van der Waals surface area contributed by atoms with Crippen LogP contribution in [0, 0.1) is 0 Å². The van der Waals surface area contributed by atoms with E-state index < -0.39 is 24.7 Å². The summed E-state index contributed by atoms with van der Waals surface area (Å²) in [5.41, 5.74) is 0.387. The van der Waals surface area contributed by atoms with Crippen molar-refractivity contribution in [2.24, 2.45) is 0 Å². The summed E-state index contributed by atoms with van der Waals surface area (Å²) in [5, 5.41) is 8.87. The van der Waals surface area contributed by atoms with E-state index in [0.717, 1.165) is 0 Å². The van der Waals surface area contributed by atoms with Gasteiger partial charge in [0, 0.05) is 38.8 Å². The Kier molecular flexibility index (Phi) is 5.18. The van der Waals surface area contributed by atoms with E-state index in [1.54, 1.807) is 0 Å². The minimum absolute atomic E-state index is 0.0946. The highest BCUT2D eigenvalue weighted by Crippen LogP contribution is 2.24. The predicted octanol–water partition coefficient (Wildman–Crippen LogP) is 0.169. The summed E-state index contributed by atoms with van der Waals surface area (Å²) in [6.45, 7) is 1.19. The van der Waals surface area contributed by atoms with Gasteiger partial charge < -0.3 is 15.2 Å². The Morgan fingerprint density at radius 2 is 2.19 bits per heavy atom. The molecule has 0 aliphatic carbocycles. The Bertz CT molecular complexity index is 444. The van der Waals surface area contributed by atoms with Crippen LogP contribution in [0.3, 0.4) is 0 Å². The number of aromatic nitrogens is 1. The van der Waals surface area contributed by atoms with Gasteiger partial charge in [0.15, 0.2) is 0 Å². The zero-order valence-electron chi connectivity index (χ0n) is 11.3. The molecule has 1 aliphatic heterocycles. The maximum atomic E-state index is 13.1. The van der Waals surface area contributed by atoms with Crippen LogP contribution in [0.25, 0.3) is 0 Å². The van der Waals surface area contributed by atoms with Gasteiger partial charge in [0.25, 0.3) is 0 Å². The Balaban J connectivity index is 1.88. The Hall–Kier alpha value is -1.61. The van der Waals surface area contributed by atoms with E-state index in [-0.39, 0.29) is 6.42 Å². The Morgan fingerprint density at radius 3 is 2.76 bits per heavy atom. The Labute approximate surface area is 119 Å². The van der Waals surface area contributed by atoms with Gasteiger partial charge in [-0.15, -0.1) is 0 Å². The number of hydrogen-bond acceptors (Lipinski definition) is 5. The molecule has 0 aromatic carbocycles. The van der Waals surface area contributed by atoms with Crippen LogP contribution in [0.5, 0.6) is 0 Å². The molecule has 6 nitrogen and oxygen atoms in total. The first kappa shape index (κ1) is 15.8. The maximum Gasteiger partial charge on any atom is 0.405 e. The normalized spacial score (nSPS) is 18.4. The quantitative estimate of drug-likeness (QED) is 0.811. The monoisotopic (exact) mass is 306 g/mol. The van der Waals surface area contributed by atoms with Gasteiger partial charge in [-0.05, 0) is 0 Å². The summed E-state index contributed by atoms with van der Waals surface area (Å²) in [7, 11) is 0. The van der Waals surface area contributed by atoms with E-state index in [1.165, 1.54) is 17.2 Å². The van der Waals surface area contributed by atoms with Gasteiger partial charge in [-0.25, -0.2) is 0 Å². The molecule has 0 radical (unpaired) electrons. The van der Waals surface area contributed by atoms with Crippen LogP contribution in [-0.4, -0.2) is 60.9 Å². The third kappa shape index (κ3) is 4.71. The lowest BCUT2D eigenvalue weighted by atomic mass is 10.2. The summed E-state index contributed by atoms with van der Waals surface area (Å²) < 4.78 is 43.8. The number of carbonyl (C=O) groups excluding carboxylic acids is 1. The first-order valence-electron chi connectivity index (χ1n) is 6.64. The van der Waals surface area contributed by atoms with Gasteiger partial charge in [-0.1, -0.05) is 5.16 Å². The van der Waals surface area contributed by atoms with Crippen molar-refractivity contribution >= 4 is 5.91 Å². The molecule has 1 aromatic rings. The largest absolute Gasteiger partial charge is 0.405 e. The highest BCUT2D eigenvalue weighted by molar-refractivity contribution is 5.78. The molecule has 0 spiro atoms. The van der Waals surface area contributed by atoms with Crippen molar-refractivity contribution in [2.45, 2.75) is 18.6 Å². The number of nitrogens with zero attached hydrogens (tertiary/aromatic N) is 2. The first-order chi connectivity index (χ1) is 9.97. The van der Waals surface area contributed by atoms with Crippen LogP contribution >= 0.6 is 0 Å². The van der Waals surface area contributed by atoms with E-state index >= 15 is 0 Å². The van der Waals surface area contributed by atoms with Crippen LogP contribution in [0.4, 0.5) is 13.2 Å². The van der Waals surface area contributed by atoms with Crippen LogP contribution in [-0.2, 0) is 11.2 Å². The average molecular weight is 306 g/mol. The second kappa shape index (κ2) is 6.90. The third-order valence-electron chi connectivity index (χ3n) is 3.30. The minimum Gasteiger partial charge on any atom is -0.364 e. The third-order valence-corrected chi connectivity index (χ3v) is 3.30. The molecule has 0 bridgehead atoms. The molecule has 118 valence electrons. The summed E-state index contributed by atoms with van der Waals surface area (Å²) in [4.78, 5) is 13.0. The Morgan fingerprint density at radius 1 is 1.48 bits per heavy atom. The molecule has 2 heterocycles. The van der Waals surface area contributed by atoms with E-state index in [9.17, 15) is 18.0 Å². The van der Waals surface area contributed by atoms with Gasteiger partial charge in [0.05, 0.1) is 12.1 Å². The van der Waals surface area contributed by atoms with Crippen LogP contribution in [0.2, 0.25) is 0 Å². The van der Waals surface area contributed by atoms with Crippen molar-refractivity contribution < 1.29 is 22.5 Å². The minimum atomic E-state index is -4.38. The van der Waals surface area contributed by atoms with E-state index in [1.807, 2.05) is 0 Å². The first-order valence-corrected chi connectivity index (χ1v) is 6.64. The average Bonchev–Trinajstić information content (AvgIpc) is 2.91. The molecule has 0 saturated carbocycles. The molecule has 1 atom stereocenters. The topological polar surface area (TPSA) is 70.4 Å². The van der Waals surface area contributed by atoms with Crippen molar-refractivity contribution in [3.8, 4) is 0 Å². The SMILES string of the molecule is O=C(Cc1ccon1)NCC(N1CCNCC1)C(F)(F)F. The fourth-order valence-corrected chi connectivity index (χ4v) is 2.21. The highest BCUT2D eigenvalue weighted by atomic mass is 19.4. The van der Waals surface area contributed by atoms with Gasteiger partial charge >= 0.3 is 6.18 Å². The van der Waals surface area contributed by atoms with Gasteiger partial charge in [0.1, 0.15) is 12.3 Å². The molecule has 21 heavy (non-hydrogen) atoms. The molecule has 2 N–H and O–H groups in total. The lowest BCUT2D eigenvalue weighted by molar-refractivity contribution is -0.184. The molecular formula is C12H17F3N4O2. The molecule has 1 aliphatic rings. The number of amides is 1. The molecule has 1 amide bonds. The molecule has 9 heteroatoms. The second-order valence-corrected chi connectivity index (χ2v) is 4.82. The molecule has 1 aromatic heterocycles. The fraction of sp³-hybridized carbons (Fsp3) is 0.667. The summed E-state index contributed by atoms with van der Waals surface area (Å²) in [5.74, 6) is -0.506. The van der Waals surface area contributed by atoms with Crippen molar-refractivity contribution in [1.82, 2.24) is 20.7 Å². The number of hydrogen-bond donors (Lipinski definition) is 2. The standard InChI is InChI=1S/C12H17F3N4O2/c13-12(14,15)10(19-4-2-16-3-5-19)8-17-11(20)7-9-1-6-21-18-9/h1,6,10,16H,2-5,7-8H2,(H,17,20). The number of nitrogens with one attached hydrogen (secondary N) is 2. The van der Waals surface area contributed by atoms with Gasteiger partial charge in [0.2, 0.25) is 5.91 Å². The number of piperazine rings is 1. The van der Waals surface area contributed by atoms with Gasteiger partial charge in [-0.2, -0.15) is 13.2 Å². The van der Waals surface area contributed by atoms with Crippen LogP contribution in [0.15, 0.2) is 16.9 Å². The van der Waals surface area contributed by atoms with Crippen LogP contribution in [0.1, 0.15) is 5.69 Å². The van der Waals surface area contributed by atoms with Crippen molar-refractivity contribution in [3.63, 3.8) is 0 Å². The molecule has 2 rings (SSSR count). The van der Waals surface area contributed by atoms with E-state index in [4.69, 9.17) is 0 Å². The number of alkyl halides is 3. The number of rotatable bonds is 5. The van der Waals surface area contributed by atoms with Crippen molar-refractivity contribution in [2.75, 3.05) is 32.7 Å². The lowest BCUT2D eigenvalue weighted by Gasteiger charge is -2.35. The van der Waals surface area contributed by atoms with E-state index in [2.05, 4.69) is 20.3 Å². The van der Waals surface area contributed by atoms with Crippen molar-refractivity contribution in [3.05, 3.63) is 18.0 Å². The fourth-order valence-electron chi connectivity index (χ4n) is 2.21. The number of carbonyl (C=O) groups is 1. The molecule has 1 unspecified atom stereocenters. The summed E-state index contributed by atoms with van der Waals surface area (Å²) >= 11 is 0. The smallest absolute Gasteiger partial charge is 0.364 e. The van der Waals surface area contributed by atoms with Gasteiger partial charge in [-0.3, -0.25) is 9.69 Å². The highest BCUT2D eigenvalue weighted by Gasteiger charge is 2.43.